The van der Waals surface area contributed by atoms with Gasteiger partial charge in [0.1, 0.15) is 16.1 Å². The molecule has 130 valence electrons. The van der Waals surface area contributed by atoms with E-state index in [0.717, 1.165) is 37.1 Å². The molecule has 2 atom stereocenters. The summed E-state index contributed by atoms with van der Waals surface area (Å²) in [6, 6.07) is 8.39. The van der Waals surface area contributed by atoms with Crippen LogP contribution in [0.15, 0.2) is 36.0 Å². The zero-order valence-electron chi connectivity index (χ0n) is 14.5. The third-order valence-corrected chi connectivity index (χ3v) is 7.07. The van der Waals surface area contributed by atoms with Crippen molar-refractivity contribution in [3.05, 3.63) is 52.9 Å². The number of fused-ring (bicyclic) bond motifs is 1. The van der Waals surface area contributed by atoms with Crippen molar-refractivity contribution >= 4 is 29.3 Å². The van der Waals surface area contributed by atoms with E-state index in [-0.39, 0.29) is 17.1 Å². The van der Waals surface area contributed by atoms with Crippen molar-refractivity contribution in [3.8, 4) is 5.69 Å². The lowest BCUT2D eigenvalue weighted by molar-refractivity contribution is 0.229. The number of rotatable bonds is 1. The Morgan fingerprint density at radius 2 is 2.04 bits per heavy atom. The smallest absolute Gasteiger partial charge is 0.300 e. The molecule has 6 heteroatoms. The zero-order chi connectivity index (χ0) is 17.7. The summed E-state index contributed by atoms with van der Waals surface area (Å²) in [5.74, 6) is 0. The van der Waals surface area contributed by atoms with E-state index in [1.54, 1.807) is 0 Å². The maximum absolute atomic E-state index is 12.5. The van der Waals surface area contributed by atoms with E-state index in [9.17, 15) is 4.79 Å². The van der Waals surface area contributed by atoms with Crippen molar-refractivity contribution in [1.29, 1.82) is 0 Å². The van der Waals surface area contributed by atoms with Crippen LogP contribution in [0.1, 0.15) is 36.1 Å². The number of hydrogen-bond donors (Lipinski definition) is 1. The summed E-state index contributed by atoms with van der Waals surface area (Å²) in [5, 5.41) is 7.52. The molecule has 3 fully saturated rings. The van der Waals surface area contributed by atoms with Crippen molar-refractivity contribution in [1.82, 2.24) is 20.0 Å². The monoisotopic (exact) mass is 362 g/mol. The first-order chi connectivity index (χ1) is 12.6. The molecule has 6 rings (SSSR count). The molecule has 0 unspecified atom stereocenters. The Labute approximate surface area is 156 Å². The summed E-state index contributed by atoms with van der Waals surface area (Å²) < 4.78 is 2.02. The number of carbonyl (C=O) groups excluding carboxylic acids is 1. The number of aryl methyl sites for hydroxylation is 1. The van der Waals surface area contributed by atoms with E-state index in [1.165, 1.54) is 16.7 Å². The van der Waals surface area contributed by atoms with Crippen LogP contribution >= 0.6 is 12.2 Å². The topological polar surface area (TPSA) is 49.9 Å². The van der Waals surface area contributed by atoms with Crippen molar-refractivity contribution < 1.29 is 4.79 Å². The van der Waals surface area contributed by atoms with E-state index in [4.69, 9.17) is 12.2 Å². The lowest BCUT2D eigenvalue weighted by Crippen LogP contribution is -2.47. The van der Waals surface area contributed by atoms with Crippen LogP contribution in [0.4, 0.5) is 4.79 Å². The predicted octanol–water partition coefficient (Wildman–Crippen LogP) is 3.15. The van der Waals surface area contributed by atoms with E-state index < -0.39 is 0 Å². The number of nitrogens with one attached hydrogen (secondary N) is 1. The second kappa shape index (κ2) is 4.43. The SMILES string of the molecule is Cc1ccc(-n2ncc3c2C=C2CCC[C@]45C(=S)NC(=O)N4[C@]25C3)cc1. The molecule has 2 amide bonds. The normalized spacial score (nSPS) is 30.8. The van der Waals surface area contributed by atoms with Gasteiger partial charge in [-0.25, -0.2) is 9.48 Å². The van der Waals surface area contributed by atoms with Crippen LogP contribution in [-0.2, 0) is 6.42 Å². The predicted molar refractivity (Wildman–Crippen MR) is 102 cm³/mol. The average Bonchev–Trinajstić information content (AvgIpc) is 2.89. The second-order valence-electron chi connectivity index (χ2n) is 7.82. The van der Waals surface area contributed by atoms with Crippen LogP contribution in [0.3, 0.4) is 0 Å². The molecule has 2 aromatic rings. The number of hydrogen-bond acceptors (Lipinski definition) is 3. The summed E-state index contributed by atoms with van der Waals surface area (Å²) in [4.78, 5) is 15.2. The van der Waals surface area contributed by atoms with E-state index >= 15 is 0 Å². The molecule has 1 aromatic heterocycles. The average molecular weight is 362 g/mol. The quantitative estimate of drug-likeness (QED) is 0.626. The van der Waals surface area contributed by atoms with Gasteiger partial charge in [-0.05, 0) is 50.0 Å². The van der Waals surface area contributed by atoms with Gasteiger partial charge >= 0.3 is 6.03 Å². The standard InChI is InChI=1S/C20H18N4OS/c1-12-4-6-15(7-5-12)23-16-9-14-3-2-8-19-17(26)22-18(25)24(19)20(14,19)10-13(16)11-21-23/h4-7,9,11H,2-3,8,10H2,1H3,(H,22,25,26)/t19-,20-,24?/m1/s1. The Bertz CT molecular complexity index is 1040. The molecular weight excluding hydrogens is 344 g/mol. The van der Waals surface area contributed by atoms with Gasteiger partial charge in [-0.1, -0.05) is 29.9 Å². The zero-order valence-corrected chi connectivity index (χ0v) is 15.3. The van der Waals surface area contributed by atoms with Gasteiger partial charge in [-0.15, -0.1) is 0 Å². The fraction of sp³-hybridized carbons (Fsp3) is 0.350. The molecule has 2 spiro atoms. The maximum atomic E-state index is 12.5. The van der Waals surface area contributed by atoms with Crippen molar-refractivity contribution in [2.75, 3.05) is 0 Å². The molecule has 2 aliphatic carbocycles. The summed E-state index contributed by atoms with van der Waals surface area (Å²) >= 11 is 5.58. The van der Waals surface area contributed by atoms with Crippen LogP contribution in [0, 0.1) is 6.92 Å². The third-order valence-electron chi connectivity index (χ3n) is 6.63. The highest BCUT2D eigenvalue weighted by Gasteiger charge is 2.84. The third kappa shape index (κ3) is 1.43. The minimum Gasteiger partial charge on any atom is -0.300 e. The molecule has 5 nitrogen and oxygen atoms in total. The molecular formula is C20H18N4OS. The summed E-state index contributed by atoms with van der Waals surface area (Å²) in [7, 11) is 0. The van der Waals surface area contributed by atoms with Gasteiger partial charge in [0.2, 0.25) is 0 Å². The van der Waals surface area contributed by atoms with E-state index in [1.807, 2.05) is 15.8 Å². The molecule has 26 heavy (non-hydrogen) atoms. The van der Waals surface area contributed by atoms with Gasteiger partial charge in [0, 0.05) is 12.0 Å². The molecule has 4 aliphatic rings. The van der Waals surface area contributed by atoms with Crippen LogP contribution < -0.4 is 5.32 Å². The van der Waals surface area contributed by atoms with E-state index in [2.05, 4.69) is 47.7 Å². The lowest BCUT2D eigenvalue weighted by Gasteiger charge is -2.33. The number of benzene rings is 1. The number of thiocarbonyl (C=S) groups is 1. The minimum atomic E-state index is -0.285. The number of aromatic nitrogens is 2. The van der Waals surface area contributed by atoms with Crippen molar-refractivity contribution in [3.63, 3.8) is 0 Å². The highest BCUT2D eigenvalue weighted by atomic mass is 32.1. The summed E-state index contributed by atoms with van der Waals surface area (Å²) in [6.07, 6.45) is 8.08. The van der Waals surface area contributed by atoms with E-state index in [0.29, 0.717) is 4.99 Å². The Morgan fingerprint density at radius 3 is 2.85 bits per heavy atom. The summed E-state index contributed by atoms with van der Waals surface area (Å²) in [5.41, 5.74) is 5.46. The van der Waals surface area contributed by atoms with Gasteiger partial charge in [-0.2, -0.15) is 5.10 Å². The largest absolute Gasteiger partial charge is 0.324 e. The highest BCUT2D eigenvalue weighted by molar-refractivity contribution is 7.80. The molecule has 1 aromatic carbocycles. The summed E-state index contributed by atoms with van der Waals surface area (Å²) in [6.45, 7) is 2.09. The Balaban J connectivity index is 1.50. The molecule has 1 N–H and O–H groups in total. The van der Waals surface area contributed by atoms with Gasteiger partial charge < -0.3 is 0 Å². The molecule has 3 heterocycles. The Hall–Kier alpha value is -2.47. The molecule has 2 saturated heterocycles. The number of urea groups is 1. The molecule has 2 aliphatic heterocycles. The highest BCUT2D eigenvalue weighted by Crippen LogP contribution is 2.67. The van der Waals surface area contributed by atoms with Gasteiger partial charge in [0.25, 0.3) is 0 Å². The lowest BCUT2D eigenvalue weighted by atomic mass is 9.70. The van der Waals surface area contributed by atoms with Gasteiger partial charge in [0.15, 0.2) is 0 Å². The number of amides is 2. The maximum Gasteiger partial charge on any atom is 0.324 e. The first-order valence-corrected chi connectivity index (χ1v) is 9.49. The Kier molecular flexibility index (Phi) is 2.50. The minimum absolute atomic E-state index is 0.0304. The first kappa shape index (κ1) is 14.7. The van der Waals surface area contributed by atoms with Gasteiger partial charge in [0.05, 0.1) is 17.6 Å². The molecule has 0 radical (unpaired) electrons. The van der Waals surface area contributed by atoms with Crippen LogP contribution in [0.25, 0.3) is 11.8 Å². The molecule has 0 bridgehead atoms. The van der Waals surface area contributed by atoms with Crippen LogP contribution in [0.5, 0.6) is 0 Å². The second-order valence-corrected chi connectivity index (χ2v) is 8.23. The Morgan fingerprint density at radius 1 is 1.23 bits per heavy atom. The fourth-order valence-electron chi connectivity index (χ4n) is 5.48. The number of carbonyl (C=O) groups is 1. The first-order valence-electron chi connectivity index (χ1n) is 9.09. The fourth-order valence-corrected chi connectivity index (χ4v) is 5.93. The molecule has 1 saturated carbocycles. The van der Waals surface area contributed by atoms with Crippen molar-refractivity contribution in [2.45, 2.75) is 43.7 Å². The van der Waals surface area contributed by atoms with Crippen LogP contribution in [0.2, 0.25) is 0 Å². The van der Waals surface area contributed by atoms with Crippen LogP contribution in [-0.4, -0.2) is 36.8 Å². The number of nitrogens with zero attached hydrogens (tertiary/aromatic N) is 3. The van der Waals surface area contributed by atoms with Gasteiger partial charge in [-0.3, -0.25) is 10.2 Å². The van der Waals surface area contributed by atoms with Crippen molar-refractivity contribution in [2.24, 2.45) is 0 Å².